The molecule has 1 rings (SSSR count). The van der Waals surface area contributed by atoms with Crippen LogP contribution in [0.5, 0.6) is 0 Å². The van der Waals surface area contributed by atoms with Gasteiger partial charge in [0.25, 0.3) is 0 Å². The highest BCUT2D eigenvalue weighted by molar-refractivity contribution is 7.90. The Morgan fingerprint density at radius 1 is 1.16 bits per heavy atom. The van der Waals surface area contributed by atoms with Gasteiger partial charge in [-0.1, -0.05) is 12.1 Å². The molecule has 7 heteroatoms. The standard InChI is InChI=1S/C18H32N4O2S/c1-7-19-17(20-10-11-22-18(3,4)5)21-13-15-8-9-16(14(2)12-15)25(6,23)24/h8-9,12,22H,7,10-11,13H2,1-6H3,(H2,19,20,21). The van der Waals surface area contributed by atoms with Crippen LogP contribution in [0.4, 0.5) is 0 Å². The predicted molar refractivity (Wildman–Crippen MR) is 105 cm³/mol. The Labute approximate surface area is 152 Å². The molecule has 3 N–H and O–H groups in total. The van der Waals surface area contributed by atoms with Crippen molar-refractivity contribution < 1.29 is 8.42 Å². The molecule has 0 bridgehead atoms. The predicted octanol–water partition coefficient (Wildman–Crippen LogP) is 1.84. The molecule has 0 fully saturated rings. The fourth-order valence-electron chi connectivity index (χ4n) is 2.36. The minimum Gasteiger partial charge on any atom is -0.357 e. The monoisotopic (exact) mass is 368 g/mol. The van der Waals surface area contributed by atoms with E-state index in [1.807, 2.05) is 26.0 Å². The largest absolute Gasteiger partial charge is 0.357 e. The summed E-state index contributed by atoms with van der Waals surface area (Å²) in [6.07, 6.45) is 1.23. The van der Waals surface area contributed by atoms with Gasteiger partial charge < -0.3 is 16.0 Å². The van der Waals surface area contributed by atoms with Crippen molar-refractivity contribution in [3.05, 3.63) is 29.3 Å². The maximum absolute atomic E-state index is 11.7. The maximum atomic E-state index is 11.7. The van der Waals surface area contributed by atoms with Gasteiger partial charge in [-0.3, -0.25) is 0 Å². The summed E-state index contributed by atoms with van der Waals surface area (Å²) in [4.78, 5) is 4.94. The molecule has 0 aliphatic rings. The summed E-state index contributed by atoms with van der Waals surface area (Å²) in [5.74, 6) is 0.753. The Morgan fingerprint density at radius 3 is 2.36 bits per heavy atom. The van der Waals surface area contributed by atoms with Crippen molar-refractivity contribution in [1.29, 1.82) is 0 Å². The quantitative estimate of drug-likeness (QED) is 0.389. The van der Waals surface area contributed by atoms with E-state index >= 15 is 0 Å². The Bertz CT molecular complexity index is 692. The summed E-state index contributed by atoms with van der Waals surface area (Å²) in [7, 11) is -3.18. The van der Waals surface area contributed by atoms with Crippen molar-refractivity contribution >= 4 is 15.8 Å². The molecule has 0 heterocycles. The molecule has 0 radical (unpaired) electrons. The Morgan fingerprint density at radius 2 is 1.84 bits per heavy atom. The van der Waals surface area contributed by atoms with E-state index in [2.05, 4.69) is 41.7 Å². The van der Waals surface area contributed by atoms with E-state index in [0.29, 0.717) is 11.4 Å². The zero-order valence-corrected chi connectivity index (χ0v) is 17.0. The summed E-state index contributed by atoms with van der Waals surface area (Å²) in [5, 5.41) is 9.93. The van der Waals surface area contributed by atoms with Crippen LogP contribution in [0.2, 0.25) is 0 Å². The summed E-state index contributed by atoms with van der Waals surface area (Å²) in [6.45, 7) is 13.1. The Balaban J connectivity index is 2.69. The van der Waals surface area contributed by atoms with Crippen LogP contribution in [0.1, 0.15) is 38.8 Å². The van der Waals surface area contributed by atoms with Gasteiger partial charge in [0.15, 0.2) is 15.8 Å². The van der Waals surface area contributed by atoms with Crippen LogP contribution < -0.4 is 16.0 Å². The third-order valence-electron chi connectivity index (χ3n) is 3.48. The van der Waals surface area contributed by atoms with Crippen molar-refractivity contribution in [2.75, 3.05) is 25.9 Å². The van der Waals surface area contributed by atoms with E-state index in [1.165, 1.54) is 6.26 Å². The van der Waals surface area contributed by atoms with E-state index in [0.717, 1.165) is 36.7 Å². The molecule has 25 heavy (non-hydrogen) atoms. The average Bonchev–Trinajstić information content (AvgIpc) is 2.46. The summed E-state index contributed by atoms with van der Waals surface area (Å²) in [5.41, 5.74) is 1.83. The molecule has 0 unspecified atom stereocenters. The van der Waals surface area contributed by atoms with Gasteiger partial charge in [-0.05, 0) is 51.8 Å². The molecule has 1 aromatic carbocycles. The third kappa shape index (κ3) is 8.36. The minimum atomic E-state index is -3.18. The van der Waals surface area contributed by atoms with Crippen molar-refractivity contribution in [2.45, 2.75) is 51.6 Å². The van der Waals surface area contributed by atoms with E-state index in [-0.39, 0.29) is 5.54 Å². The van der Waals surface area contributed by atoms with Crippen molar-refractivity contribution in [2.24, 2.45) is 4.99 Å². The second-order valence-electron chi connectivity index (χ2n) is 7.17. The second kappa shape index (κ2) is 9.20. The first-order valence-corrected chi connectivity index (χ1v) is 10.5. The van der Waals surface area contributed by atoms with Gasteiger partial charge in [0, 0.05) is 31.4 Å². The maximum Gasteiger partial charge on any atom is 0.191 e. The molecule has 0 amide bonds. The molecule has 0 aromatic heterocycles. The van der Waals surface area contributed by atoms with Gasteiger partial charge in [-0.15, -0.1) is 0 Å². The molecular weight excluding hydrogens is 336 g/mol. The highest BCUT2D eigenvalue weighted by Crippen LogP contribution is 2.17. The molecule has 0 aliphatic carbocycles. The van der Waals surface area contributed by atoms with Crippen LogP contribution in [0, 0.1) is 6.92 Å². The highest BCUT2D eigenvalue weighted by atomic mass is 32.2. The van der Waals surface area contributed by atoms with Crippen LogP contribution in [-0.2, 0) is 16.4 Å². The second-order valence-corrected chi connectivity index (χ2v) is 9.15. The lowest BCUT2D eigenvalue weighted by Crippen LogP contribution is -2.44. The number of hydrogen-bond acceptors (Lipinski definition) is 4. The number of aliphatic imine (C=N–C) groups is 1. The van der Waals surface area contributed by atoms with E-state index in [1.54, 1.807) is 6.07 Å². The van der Waals surface area contributed by atoms with Gasteiger partial charge in [-0.2, -0.15) is 0 Å². The Kier molecular flexibility index (Phi) is 7.89. The van der Waals surface area contributed by atoms with Crippen LogP contribution in [0.15, 0.2) is 28.1 Å². The molecule has 1 aromatic rings. The smallest absolute Gasteiger partial charge is 0.191 e. The van der Waals surface area contributed by atoms with E-state index < -0.39 is 9.84 Å². The van der Waals surface area contributed by atoms with Crippen LogP contribution in [0.25, 0.3) is 0 Å². The van der Waals surface area contributed by atoms with Gasteiger partial charge in [0.05, 0.1) is 11.4 Å². The first-order valence-electron chi connectivity index (χ1n) is 8.59. The number of aryl methyl sites for hydroxylation is 1. The summed E-state index contributed by atoms with van der Waals surface area (Å²) in [6, 6.07) is 5.35. The average molecular weight is 369 g/mol. The third-order valence-corrected chi connectivity index (χ3v) is 4.73. The fraction of sp³-hybridized carbons (Fsp3) is 0.611. The first kappa shape index (κ1) is 21.4. The number of nitrogens with one attached hydrogen (secondary N) is 3. The van der Waals surface area contributed by atoms with Crippen molar-refractivity contribution in [3.8, 4) is 0 Å². The summed E-state index contributed by atoms with van der Waals surface area (Å²) < 4.78 is 23.4. The minimum absolute atomic E-state index is 0.0933. The number of hydrogen-bond donors (Lipinski definition) is 3. The summed E-state index contributed by atoms with van der Waals surface area (Å²) >= 11 is 0. The SMILES string of the molecule is CCNC(=NCc1ccc(S(C)(=O)=O)c(C)c1)NCCNC(C)(C)C. The van der Waals surface area contributed by atoms with Crippen LogP contribution >= 0.6 is 0 Å². The number of nitrogens with zero attached hydrogens (tertiary/aromatic N) is 1. The molecule has 0 spiro atoms. The van der Waals surface area contributed by atoms with Crippen molar-refractivity contribution in [3.63, 3.8) is 0 Å². The fourth-order valence-corrected chi connectivity index (χ4v) is 3.32. The number of benzene rings is 1. The van der Waals surface area contributed by atoms with Gasteiger partial charge >= 0.3 is 0 Å². The molecule has 0 atom stereocenters. The van der Waals surface area contributed by atoms with E-state index in [9.17, 15) is 8.42 Å². The zero-order chi connectivity index (χ0) is 19.1. The molecule has 0 aliphatic heterocycles. The van der Waals surface area contributed by atoms with Gasteiger partial charge in [0.1, 0.15) is 0 Å². The lowest BCUT2D eigenvalue weighted by Gasteiger charge is -2.21. The lowest BCUT2D eigenvalue weighted by molar-refractivity contribution is 0.428. The Hall–Kier alpha value is -1.60. The molecule has 6 nitrogen and oxygen atoms in total. The van der Waals surface area contributed by atoms with Gasteiger partial charge in [0.2, 0.25) is 0 Å². The lowest BCUT2D eigenvalue weighted by atomic mass is 10.1. The highest BCUT2D eigenvalue weighted by Gasteiger charge is 2.11. The van der Waals surface area contributed by atoms with Crippen LogP contribution in [0.3, 0.4) is 0 Å². The molecule has 0 saturated carbocycles. The number of rotatable bonds is 7. The van der Waals surface area contributed by atoms with E-state index in [4.69, 9.17) is 0 Å². The zero-order valence-electron chi connectivity index (χ0n) is 16.2. The van der Waals surface area contributed by atoms with Crippen LogP contribution in [-0.4, -0.2) is 45.8 Å². The van der Waals surface area contributed by atoms with Gasteiger partial charge in [-0.25, -0.2) is 13.4 Å². The molecule has 142 valence electrons. The van der Waals surface area contributed by atoms with Crippen molar-refractivity contribution in [1.82, 2.24) is 16.0 Å². The topological polar surface area (TPSA) is 82.6 Å². The first-order chi connectivity index (χ1) is 11.5. The number of sulfone groups is 1. The normalized spacial score (nSPS) is 13.0. The molecular formula is C18H32N4O2S. The number of guanidine groups is 1. The molecule has 0 saturated heterocycles.